The van der Waals surface area contributed by atoms with Crippen molar-refractivity contribution in [1.29, 1.82) is 0 Å². The lowest BCUT2D eigenvalue weighted by Gasteiger charge is -2.11. The molecule has 0 saturated heterocycles. The van der Waals surface area contributed by atoms with Crippen LogP contribution in [0.15, 0.2) is 67.1 Å². The number of pyridine rings is 2. The van der Waals surface area contributed by atoms with Gasteiger partial charge in [0.2, 0.25) is 5.88 Å². The quantitative estimate of drug-likeness (QED) is 0.709. The summed E-state index contributed by atoms with van der Waals surface area (Å²) in [5.74, 6) is 1.33. The van der Waals surface area contributed by atoms with Crippen LogP contribution in [0.2, 0.25) is 0 Å². The van der Waals surface area contributed by atoms with Crippen molar-refractivity contribution >= 4 is 5.91 Å². The fourth-order valence-corrected chi connectivity index (χ4v) is 2.48. The van der Waals surface area contributed by atoms with Crippen LogP contribution in [0, 0.1) is 0 Å². The van der Waals surface area contributed by atoms with Gasteiger partial charge in [-0.1, -0.05) is 18.2 Å². The van der Waals surface area contributed by atoms with Crippen molar-refractivity contribution in [3.8, 4) is 17.4 Å². The smallest absolute Gasteiger partial charge is 0.256 e. The number of amides is 1. The number of methoxy groups -OCH3 is 1. The summed E-state index contributed by atoms with van der Waals surface area (Å²) in [4.78, 5) is 20.7. The van der Waals surface area contributed by atoms with Crippen LogP contribution in [0.25, 0.3) is 0 Å². The van der Waals surface area contributed by atoms with Gasteiger partial charge in [0, 0.05) is 18.9 Å². The number of benzene rings is 1. The van der Waals surface area contributed by atoms with Crippen molar-refractivity contribution in [1.82, 2.24) is 15.3 Å². The normalized spacial score (nSPS) is 10.2. The SMILES string of the molecule is COc1ccccc1CCNC(=O)c1cccnc1Oc1cccnc1. The molecule has 0 unspecified atom stereocenters. The first-order chi connectivity index (χ1) is 12.8. The monoisotopic (exact) mass is 349 g/mol. The lowest BCUT2D eigenvalue weighted by Crippen LogP contribution is -2.26. The first-order valence-corrected chi connectivity index (χ1v) is 8.21. The molecule has 1 N–H and O–H groups in total. The highest BCUT2D eigenvalue weighted by molar-refractivity contribution is 5.96. The molecular weight excluding hydrogens is 330 g/mol. The van der Waals surface area contributed by atoms with E-state index in [-0.39, 0.29) is 11.8 Å². The van der Waals surface area contributed by atoms with E-state index in [1.165, 1.54) is 0 Å². The third-order valence-electron chi connectivity index (χ3n) is 3.74. The maximum Gasteiger partial charge on any atom is 0.256 e. The lowest BCUT2D eigenvalue weighted by molar-refractivity contribution is 0.0951. The Balaban J connectivity index is 1.65. The number of rotatable bonds is 7. The maximum atomic E-state index is 12.5. The van der Waals surface area contributed by atoms with Gasteiger partial charge in [0.1, 0.15) is 17.1 Å². The summed E-state index contributed by atoms with van der Waals surface area (Å²) in [7, 11) is 1.63. The Morgan fingerprint density at radius 2 is 1.92 bits per heavy atom. The van der Waals surface area contributed by atoms with Gasteiger partial charge in [-0.15, -0.1) is 0 Å². The molecule has 2 heterocycles. The van der Waals surface area contributed by atoms with Crippen LogP contribution in [-0.4, -0.2) is 29.5 Å². The molecule has 0 aliphatic carbocycles. The summed E-state index contributed by atoms with van der Waals surface area (Å²) in [6.45, 7) is 0.473. The van der Waals surface area contributed by atoms with Crippen LogP contribution in [0.4, 0.5) is 0 Å². The van der Waals surface area contributed by atoms with E-state index in [1.807, 2.05) is 24.3 Å². The minimum absolute atomic E-state index is 0.244. The molecular formula is C20H19N3O3. The Kier molecular flexibility index (Phi) is 5.77. The number of aromatic nitrogens is 2. The summed E-state index contributed by atoms with van der Waals surface area (Å²) in [6.07, 6.45) is 5.46. The zero-order chi connectivity index (χ0) is 18.2. The summed E-state index contributed by atoms with van der Waals surface area (Å²) in [6, 6.07) is 14.6. The van der Waals surface area contributed by atoms with Crippen molar-refractivity contribution < 1.29 is 14.3 Å². The molecule has 26 heavy (non-hydrogen) atoms. The lowest BCUT2D eigenvalue weighted by atomic mass is 10.1. The van der Waals surface area contributed by atoms with E-state index >= 15 is 0 Å². The molecule has 0 aliphatic rings. The molecule has 3 rings (SSSR count). The van der Waals surface area contributed by atoms with E-state index in [4.69, 9.17) is 9.47 Å². The summed E-state index contributed by atoms with van der Waals surface area (Å²) in [5.41, 5.74) is 1.41. The number of hydrogen-bond donors (Lipinski definition) is 1. The van der Waals surface area contributed by atoms with E-state index in [0.29, 0.717) is 24.3 Å². The highest BCUT2D eigenvalue weighted by Crippen LogP contribution is 2.22. The molecule has 0 radical (unpaired) electrons. The number of nitrogens with zero attached hydrogens (tertiary/aromatic N) is 2. The van der Waals surface area contributed by atoms with E-state index in [0.717, 1.165) is 11.3 Å². The molecule has 2 aromatic heterocycles. The van der Waals surface area contributed by atoms with Gasteiger partial charge in [0.15, 0.2) is 0 Å². The third-order valence-corrected chi connectivity index (χ3v) is 3.74. The number of hydrogen-bond acceptors (Lipinski definition) is 5. The Morgan fingerprint density at radius 3 is 2.73 bits per heavy atom. The molecule has 1 amide bonds. The van der Waals surface area contributed by atoms with Gasteiger partial charge in [-0.25, -0.2) is 4.98 Å². The number of ether oxygens (including phenoxy) is 2. The van der Waals surface area contributed by atoms with Gasteiger partial charge in [0.05, 0.1) is 13.3 Å². The molecule has 0 atom stereocenters. The number of carbonyl (C=O) groups is 1. The Morgan fingerprint density at radius 1 is 1.08 bits per heavy atom. The Bertz CT molecular complexity index is 869. The minimum Gasteiger partial charge on any atom is -0.496 e. The van der Waals surface area contributed by atoms with Crippen LogP contribution in [0.3, 0.4) is 0 Å². The highest BCUT2D eigenvalue weighted by Gasteiger charge is 2.14. The second-order valence-corrected chi connectivity index (χ2v) is 5.46. The predicted octanol–water partition coefficient (Wildman–Crippen LogP) is 3.25. The van der Waals surface area contributed by atoms with Gasteiger partial charge in [-0.3, -0.25) is 9.78 Å². The minimum atomic E-state index is -0.244. The number of carbonyl (C=O) groups excluding carboxylic acids is 1. The van der Waals surface area contributed by atoms with E-state index < -0.39 is 0 Å². The molecule has 6 heteroatoms. The predicted molar refractivity (Wildman–Crippen MR) is 97.6 cm³/mol. The fraction of sp³-hybridized carbons (Fsp3) is 0.150. The second kappa shape index (κ2) is 8.62. The van der Waals surface area contributed by atoms with E-state index in [2.05, 4.69) is 15.3 Å². The van der Waals surface area contributed by atoms with Crippen molar-refractivity contribution in [2.45, 2.75) is 6.42 Å². The number of para-hydroxylation sites is 1. The standard InChI is InChI=1S/C20H19N3O3/c1-25-18-9-3-2-6-15(18)10-13-22-19(24)17-8-5-12-23-20(17)26-16-7-4-11-21-14-16/h2-9,11-12,14H,10,13H2,1H3,(H,22,24). The molecule has 132 valence electrons. The zero-order valence-electron chi connectivity index (χ0n) is 14.4. The van der Waals surface area contributed by atoms with Crippen molar-refractivity contribution in [2.75, 3.05) is 13.7 Å². The average Bonchev–Trinajstić information content (AvgIpc) is 2.69. The summed E-state index contributed by atoms with van der Waals surface area (Å²) < 4.78 is 11.0. The average molecular weight is 349 g/mol. The van der Waals surface area contributed by atoms with E-state index in [1.54, 1.807) is 50.0 Å². The molecule has 6 nitrogen and oxygen atoms in total. The van der Waals surface area contributed by atoms with Crippen LogP contribution < -0.4 is 14.8 Å². The largest absolute Gasteiger partial charge is 0.496 e. The summed E-state index contributed by atoms with van der Waals surface area (Å²) in [5, 5.41) is 2.89. The van der Waals surface area contributed by atoms with Crippen LogP contribution in [0.5, 0.6) is 17.4 Å². The van der Waals surface area contributed by atoms with Gasteiger partial charge in [-0.2, -0.15) is 0 Å². The van der Waals surface area contributed by atoms with Gasteiger partial charge < -0.3 is 14.8 Å². The fourth-order valence-electron chi connectivity index (χ4n) is 2.48. The van der Waals surface area contributed by atoms with Crippen LogP contribution >= 0.6 is 0 Å². The van der Waals surface area contributed by atoms with Gasteiger partial charge in [-0.05, 0) is 42.3 Å². The summed E-state index contributed by atoms with van der Waals surface area (Å²) >= 11 is 0. The highest BCUT2D eigenvalue weighted by atomic mass is 16.5. The number of nitrogens with one attached hydrogen (secondary N) is 1. The molecule has 3 aromatic rings. The van der Waals surface area contributed by atoms with E-state index in [9.17, 15) is 4.79 Å². The van der Waals surface area contributed by atoms with Gasteiger partial charge in [0.25, 0.3) is 5.91 Å². The first-order valence-electron chi connectivity index (χ1n) is 8.21. The first kappa shape index (κ1) is 17.4. The van der Waals surface area contributed by atoms with Gasteiger partial charge >= 0.3 is 0 Å². The van der Waals surface area contributed by atoms with Crippen molar-refractivity contribution in [3.63, 3.8) is 0 Å². The molecule has 1 aromatic carbocycles. The second-order valence-electron chi connectivity index (χ2n) is 5.46. The molecule has 0 spiro atoms. The van der Waals surface area contributed by atoms with Crippen LogP contribution in [0.1, 0.15) is 15.9 Å². The van der Waals surface area contributed by atoms with Crippen molar-refractivity contribution in [2.24, 2.45) is 0 Å². The zero-order valence-corrected chi connectivity index (χ0v) is 14.4. The Labute approximate surface area is 151 Å². The Hall–Kier alpha value is -3.41. The molecule has 0 fully saturated rings. The van der Waals surface area contributed by atoms with Crippen molar-refractivity contribution in [3.05, 3.63) is 78.2 Å². The third kappa shape index (κ3) is 4.36. The molecule has 0 saturated carbocycles. The maximum absolute atomic E-state index is 12.5. The topological polar surface area (TPSA) is 73.3 Å². The molecule has 0 aliphatic heterocycles. The molecule has 0 bridgehead atoms. The van der Waals surface area contributed by atoms with Crippen LogP contribution in [-0.2, 0) is 6.42 Å².